The normalized spacial score (nSPS) is 16.8. The maximum absolute atomic E-state index is 13.8. The van der Waals surface area contributed by atoms with E-state index in [4.69, 9.17) is 0 Å². The molecule has 4 heterocycles. The summed E-state index contributed by atoms with van der Waals surface area (Å²) in [5.41, 5.74) is 3.21. The number of anilines is 1. The summed E-state index contributed by atoms with van der Waals surface area (Å²) in [6.45, 7) is 3.65. The molecule has 0 saturated heterocycles. The summed E-state index contributed by atoms with van der Waals surface area (Å²) in [5, 5.41) is 19.3. The second kappa shape index (κ2) is 12.0. The smallest absolute Gasteiger partial charge is 0.325 e. The van der Waals surface area contributed by atoms with Gasteiger partial charge in [-0.15, -0.1) is 5.10 Å². The highest BCUT2D eigenvalue weighted by atomic mass is 19.4. The minimum atomic E-state index is -4.66. The first kappa shape index (κ1) is 30.4. The van der Waals surface area contributed by atoms with Gasteiger partial charge in [0.25, 0.3) is 5.56 Å². The van der Waals surface area contributed by atoms with E-state index >= 15 is 0 Å². The van der Waals surface area contributed by atoms with Crippen LogP contribution in [0.25, 0.3) is 28.1 Å². The number of alkyl halides is 3. The van der Waals surface area contributed by atoms with Gasteiger partial charge in [0.1, 0.15) is 0 Å². The van der Waals surface area contributed by atoms with Crippen LogP contribution in [0.4, 0.5) is 18.9 Å². The van der Waals surface area contributed by atoms with Gasteiger partial charge in [-0.25, -0.2) is 9.67 Å². The molecule has 2 atom stereocenters. The second-order valence-corrected chi connectivity index (χ2v) is 11.3. The van der Waals surface area contributed by atoms with Crippen LogP contribution in [0.15, 0.2) is 78.1 Å². The number of aromatic nitrogens is 6. The number of nitriles is 1. The quantitative estimate of drug-likeness (QED) is 0.257. The Kier molecular flexibility index (Phi) is 7.95. The first-order valence-electron chi connectivity index (χ1n) is 14.5. The minimum Gasteiger partial charge on any atom is -0.325 e. The van der Waals surface area contributed by atoms with Gasteiger partial charge in [-0.3, -0.25) is 19.1 Å². The summed E-state index contributed by atoms with van der Waals surface area (Å²) >= 11 is 0. The number of hydrogen-bond acceptors (Lipinski definition) is 7. The topological polar surface area (TPSA) is 131 Å². The molecule has 0 aliphatic carbocycles. The molecule has 0 fully saturated rings. The summed E-state index contributed by atoms with van der Waals surface area (Å²) in [6, 6.07) is 16.7. The van der Waals surface area contributed by atoms with Crippen molar-refractivity contribution in [2.75, 3.05) is 5.32 Å². The molecule has 3 aromatic heterocycles. The fraction of sp³-hybridized carbons (Fsp3) is 0.242. The summed E-state index contributed by atoms with van der Waals surface area (Å²) in [6.07, 6.45) is 0.809. The third-order valence-electron chi connectivity index (χ3n) is 8.03. The third kappa shape index (κ3) is 6.01. The Hall–Kier alpha value is -5.64. The van der Waals surface area contributed by atoms with Gasteiger partial charge in [0.15, 0.2) is 5.69 Å². The van der Waals surface area contributed by atoms with Gasteiger partial charge in [0.05, 0.1) is 47.3 Å². The van der Waals surface area contributed by atoms with Crippen LogP contribution in [-0.2, 0) is 11.0 Å². The van der Waals surface area contributed by atoms with Crippen molar-refractivity contribution >= 4 is 11.6 Å². The lowest BCUT2D eigenvalue weighted by atomic mass is 9.95. The zero-order valence-electron chi connectivity index (χ0n) is 24.8. The largest absolute Gasteiger partial charge is 0.436 e. The molecular formula is C33H27F3N8O2. The highest BCUT2D eigenvalue weighted by Crippen LogP contribution is 2.34. The van der Waals surface area contributed by atoms with Gasteiger partial charge < -0.3 is 5.32 Å². The Morgan fingerprint density at radius 3 is 2.57 bits per heavy atom. The van der Waals surface area contributed by atoms with Crippen LogP contribution in [0, 0.1) is 24.2 Å². The number of benzene rings is 2. The van der Waals surface area contributed by atoms with E-state index in [9.17, 15) is 28.0 Å². The van der Waals surface area contributed by atoms with Gasteiger partial charge in [0, 0.05) is 35.0 Å². The summed E-state index contributed by atoms with van der Waals surface area (Å²) in [5.74, 6) is -0.508. The van der Waals surface area contributed by atoms with E-state index in [0.29, 0.717) is 47.3 Å². The number of carbonyl (C=O) groups excluding carboxylic acids is 1. The van der Waals surface area contributed by atoms with Crippen molar-refractivity contribution < 1.29 is 18.0 Å². The van der Waals surface area contributed by atoms with Gasteiger partial charge >= 0.3 is 6.18 Å². The van der Waals surface area contributed by atoms with E-state index in [-0.39, 0.29) is 28.8 Å². The lowest BCUT2D eigenvalue weighted by Gasteiger charge is -2.23. The van der Waals surface area contributed by atoms with Crippen molar-refractivity contribution in [2.45, 2.75) is 45.3 Å². The lowest BCUT2D eigenvalue weighted by molar-refractivity contribution is -0.141. The average molecular weight is 625 g/mol. The molecule has 0 saturated carbocycles. The number of halogens is 3. The van der Waals surface area contributed by atoms with Crippen LogP contribution in [0.1, 0.15) is 54.7 Å². The van der Waals surface area contributed by atoms with Gasteiger partial charge in [-0.1, -0.05) is 36.3 Å². The maximum atomic E-state index is 13.8. The molecule has 10 nitrogen and oxygen atoms in total. The fourth-order valence-corrected chi connectivity index (χ4v) is 5.56. The molecule has 1 aliphatic rings. The predicted octanol–water partition coefficient (Wildman–Crippen LogP) is 6.10. The van der Waals surface area contributed by atoms with E-state index in [0.717, 1.165) is 22.0 Å². The van der Waals surface area contributed by atoms with E-state index in [1.54, 1.807) is 48.7 Å². The average Bonchev–Trinajstić information content (AvgIpc) is 3.54. The molecule has 46 heavy (non-hydrogen) atoms. The first-order chi connectivity index (χ1) is 22.0. The molecule has 1 aliphatic heterocycles. The molecule has 1 amide bonds. The second-order valence-electron chi connectivity index (χ2n) is 11.3. The van der Waals surface area contributed by atoms with Crippen LogP contribution in [-0.4, -0.2) is 35.4 Å². The monoisotopic (exact) mass is 624 g/mol. The maximum Gasteiger partial charge on any atom is 0.436 e. The van der Waals surface area contributed by atoms with Crippen molar-refractivity contribution in [3.8, 4) is 34.1 Å². The van der Waals surface area contributed by atoms with Crippen molar-refractivity contribution in [2.24, 2.45) is 5.92 Å². The number of carbonyl (C=O) groups is 1. The zero-order chi connectivity index (χ0) is 32.6. The zero-order valence-corrected chi connectivity index (χ0v) is 24.8. The number of fused-ring (bicyclic) bond motifs is 4. The van der Waals surface area contributed by atoms with Crippen LogP contribution >= 0.6 is 0 Å². The molecule has 232 valence electrons. The molecule has 0 spiro atoms. The number of nitrogens with zero attached hydrogens (tertiary/aromatic N) is 7. The van der Waals surface area contributed by atoms with Gasteiger partial charge in [-0.05, 0) is 61.7 Å². The Bertz CT molecular complexity index is 2060. The SMILES string of the molecule is Cc1ccc(-n2cc(C(F)(F)F)nn2)c(-c2cc(=O)n(C3CCCC(C)C(=O)Nc4cc(C#N)ccc4-c4ccnc3c4)cn2)c1. The van der Waals surface area contributed by atoms with E-state index in [2.05, 4.69) is 31.7 Å². The highest BCUT2D eigenvalue weighted by molar-refractivity contribution is 5.97. The number of aryl methyl sites for hydroxylation is 1. The molecular weight excluding hydrogens is 597 g/mol. The van der Waals surface area contributed by atoms with Crippen molar-refractivity contribution in [3.63, 3.8) is 0 Å². The van der Waals surface area contributed by atoms with Crippen molar-refractivity contribution in [1.82, 2.24) is 29.5 Å². The fourth-order valence-electron chi connectivity index (χ4n) is 5.56. The lowest BCUT2D eigenvalue weighted by Crippen LogP contribution is -2.27. The summed E-state index contributed by atoms with van der Waals surface area (Å²) in [7, 11) is 0. The van der Waals surface area contributed by atoms with E-state index < -0.39 is 17.9 Å². The molecule has 1 N–H and O–H groups in total. The number of rotatable bonds is 3. The Labute approximate surface area is 261 Å². The van der Waals surface area contributed by atoms with Crippen molar-refractivity contribution in [3.05, 3.63) is 106 Å². The standard InChI is InChI=1S/C33H27F3N8O2/c1-19-6-9-28(44-17-30(41-42-44)33(34,35)36)24(12-19)25-15-31(45)43(18-39-25)29-5-3-4-20(2)32(46)40-26-13-21(16-37)7-8-23(26)22-10-11-38-27(29)14-22/h6-15,17-18,20,29H,3-5H2,1-2H3,(H,40,46). The molecule has 13 heteroatoms. The molecule has 2 aromatic carbocycles. The number of pyridine rings is 1. The van der Waals surface area contributed by atoms with Crippen LogP contribution in [0.3, 0.4) is 0 Å². The minimum absolute atomic E-state index is 0.172. The predicted molar refractivity (Wildman–Crippen MR) is 163 cm³/mol. The van der Waals surface area contributed by atoms with Crippen LogP contribution < -0.4 is 10.9 Å². The number of hydrogen-bond donors (Lipinski definition) is 1. The van der Waals surface area contributed by atoms with Crippen molar-refractivity contribution in [1.29, 1.82) is 5.26 Å². The highest BCUT2D eigenvalue weighted by Gasteiger charge is 2.35. The summed E-state index contributed by atoms with van der Waals surface area (Å²) < 4.78 is 42.2. The number of nitrogens with one attached hydrogen (secondary N) is 1. The van der Waals surface area contributed by atoms with Crippen LogP contribution in [0.5, 0.6) is 0 Å². The first-order valence-corrected chi connectivity index (χ1v) is 14.5. The van der Waals surface area contributed by atoms with Gasteiger partial charge in [0.2, 0.25) is 5.91 Å². The molecule has 2 bridgehead atoms. The molecule has 2 unspecified atom stereocenters. The number of amides is 1. The Morgan fingerprint density at radius 2 is 1.83 bits per heavy atom. The Balaban J connectivity index is 1.42. The van der Waals surface area contributed by atoms with Gasteiger partial charge in [-0.2, -0.15) is 18.4 Å². The van der Waals surface area contributed by atoms with E-state index in [1.165, 1.54) is 17.0 Å². The third-order valence-corrected chi connectivity index (χ3v) is 8.03. The molecule has 0 radical (unpaired) electrons. The molecule has 6 rings (SSSR count). The Morgan fingerprint density at radius 1 is 1.00 bits per heavy atom. The summed E-state index contributed by atoms with van der Waals surface area (Å²) in [4.78, 5) is 36.0. The molecule has 5 aromatic rings. The van der Waals surface area contributed by atoms with E-state index in [1.807, 2.05) is 19.9 Å². The van der Waals surface area contributed by atoms with Crippen LogP contribution in [0.2, 0.25) is 0 Å².